The fraction of sp³-hybridized carbons (Fsp3) is 0.562. The molecule has 1 amide bonds. The number of rotatable bonds is 6. The van der Waals surface area contributed by atoms with Gasteiger partial charge in [0.15, 0.2) is 9.84 Å². The maximum atomic E-state index is 12.3. The van der Waals surface area contributed by atoms with Crippen LogP contribution in [0.4, 0.5) is 0 Å². The number of amides is 1. The average Bonchev–Trinajstić information content (AvgIpc) is 2.32. The summed E-state index contributed by atoms with van der Waals surface area (Å²) < 4.78 is 24.7. The van der Waals surface area contributed by atoms with Crippen LogP contribution in [0.15, 0.2) is 18.2 Å². The van der Waals surface area contributed by atoms with Crippen LogP contribution in [0.3, 0.4) is 0 Å². The number of aryl methyl sites for hydroxylation is 2. The molecule has 118 valence electrons. The van der Waals surface area contributed by atoms with Crippen molar-refractivity contribution in [1.82, 2.24) is 5.32 Å². The van der Waals surface area contributed by atoms with E-state index >= 15 is 0 Å². The van der Waals surface area contributed by atoms with Crippen LogP contribution in [0.5, 0.6) is 0 Å². The van der Waals surface area contributed by atoms with Crippen molar-refractivity contribution in [3.05, 3.63) is 34.9 Å². The molecule has 0 saturated carbocycles. The quantitative estimate of drug-likeness (QED) is 0.877. The zero-order valence-corrected chi connectivity index (χ0v) is 14.3. The summed E-state index contributed by atoms with van der Waals surface area (Å²) in [6.45, 7) is 9.74. The summed E-state index contributed by atoms with van der Waals surface area (Å²) in [6, 6.07) is 5.70. The molecule has 0 spiro atoms. The molecule has 0 radical (unpaired) electrons. The predicted octanol–water partition coefficient (Wildman–Crippen LogP) is 2.38. The van der Waals surface area contributed by atoms with Gasteiger partial charge < -0.3 is 5.32 Å². The van der Waals surface area contributed by atoms with E-state index in [9.17, 15) is 13.2 Å². The third-order valence-electron chi connectivity index (χ3n) is 3.24. The van der Waals surface area contributed by atoms with Crippen LogP contribution in [0.25, 0.3) is 0 Å². The van der Waals surface area contributed by atoms with E-state index in [0.29, 0.717) is 12.5 Å². The van der Waals surface area contributed by atoms with Crippen LogP contribution in [0, 0.1) is 19.8 Å². The van der Waals surface area contributed by atoms with Crippen molar-refractivity contribution in [2.75, 3.05) is 6.54 Å². The first-order chi connectivity index (χ1) is 9.61. The smallest absolute Gasteiger partial charge is 0.238 e. The number of hydrogen-bond acceptors (Lipinski definition) is 3. The second-order valence-electron chi connectivity index (χ2n) is 6.08. The monoisotopic (exact) mass is 311 g/mol. The van der Waals surface area contributed by atoms with E-state index in [2.05, 4.69) is 5.32 Å². The van der Waals surface area contributed by atoms with Gasteiger partial charge in [-0.3, -0.25) is 4.79 Å². The highest BCUT2D eigenvalue weighted by molar-refractivity contribution is 7.92. The van der Waals surface area contributed by atoms with Gasteiger partial charge in [-0.2, -0.15) is 0 Å². The van der Waals surface area contributed by atoms with Crippen molar-refractivity contribution in [1.29, 1.82) is 0 Å². The molecule has 0 fully saturated rings. The van der Waals surface area contributed by atoms with E-state index in [4.69, 9.17) is 0 Å². The molecule has 0 aliphatic carbocycles. The lowest BCUT2D eigenvalue weighted by Crippen LogP contribution is -2.39. The Bertz CT molecular complexity index is 586. The topological polar surface area (TPSA) is 63.2 Å². The molecule has 0 aromatic heterocycles. The van der Waals surface area contributed by atoms with Gasteiger partial charge in [0.2, 0.25) is 5.91 Å². The van der Waals surface area contributed by atoms with Crippen molar-refractivity contribution >= 4 is 15.7 Å². The molecule has 1 unspecified atom stereocenters. The first-order valence-electron chi connectivity index (χ1n) is 7.18. The summed E-state index contributed by atoms with van der Waals surface area (Å²) in [5.74, 6) is -0.234. The van der Waals surface area contributed by atoms with E-state index < -0.39 is 21.0 Å². The second-order valence-corrected chi connectivity index (χ2v) is 8.41. The first kappa shape index (κ1) is 17.7. The standard InChI is InChI=1S/C16H25NO3S/c1-11(2)9-17-16(18)14(5)21(19,20)10-15-7-12(3)6-13(4)8-15/h6-8,11,14H,9-10H2,1-5H3,(H,17,18). The maximum Gasteiger partial charge on any atom is 0.238 e. The van der Waals surface area contributed by atoms with E-state index in [1.807, 2.05) is 45.9 Å². The molecule has 1 aromatic rings. The summed E-state index contributed by atoms with van der Waals surface area (Å²) in [4.78, 5) is 11.9. The Kier molecular flexibility index (Phi) is 5.96. The third kappa shape index (κ3) is 5.50. The number of carbonyl (C=O) groups excluding carboxylic acids is 1. The largest absolute Gasteiger partial charge is 0.355 e. The maximum absolute atomic E-state index is 12.3. The molecule has 1 atom stereocenters. The summed E-state index contributed by atoms with van der Waals surface area (Å²) in [7, 11) is -3.51. The van der Waals surface area contributed by atoms with Gasteiger partial charge in [-0.1, -0.05) is 43.2 Å². The van der Waals surface area contributed by atoms with Gasteiger partial charge in [0, 0.05) is 6.54 Å². The number of nitrogens with one attached hydrogen (secondary N) is 1. The van der Waals surface area contributed by atoms with Crippen molar-refractivity contribution in [2.45, 2.75) is 45.6 Å². The lowest BCUT2D eigenvalue weighted by molar-refractivity contribution is -0.120. The van der Waals surface area contributed by atoms with Crippen LogP contribution < -0.4 is 5.32 Å². The van der Waals surface area contributed by atoms with Crippen molar-refractivity contribution < 1.29 is 13.2 Å². The highest BCUT2D eigenvalue weighted by atomic mass is 32.2. The zero-order chi connectivity index (χ0) is 16.2. The van der Waals surface area contributed by atoms with Crippen LogP contribution in [-0.4, -0.2) is 26.1 Å². The molecule has 0 heterocycles. The van der Waals surface area contributed by atoms with Crippen LogP contribution in [0.1, 0.15) is 37.5 Å². The zero-order valence-electron chi connectivity index (χ0n) is 13.4. The first-order valence-corrected chi connectivity index (χ1v) is 8.90. The molecule has 5 heteroatoms. The highest BCUT2D eigenvalue weighted by Gasteiger charge is 2.28. The normalized spacial score (nSPS) is 13.2. The molecule has 0 saturated heterocycles. The Hall–Kier alpha value is -1.36. The van der Waals surface area contributed by atoms with Gasteiger partial charge >= 0.3 is 0 Å². The fourth-order valence-corrected chi connectivity index (χ4v) is 3.41. The molecular weight excluding hydrogens is 286 g/mol. The second kappa shape index (κ2) is 7.07. The van der Waals surface area contributed by atoms with Crippen LogP contribution >= 0.6 is 0 Å². The van der Waals surface area contributed by atoms with Crippen molar-refractivity contribution in [2.24, 2.45) is 5.92 Å². The minimum Gasteiger partial charge on any atom is -0.355 e. The third-order valence-corrected chi connectivity index (χ3v) is 5.27. The van der Waals surface area contributed by atoms with Gasteiger partial charge in [-0.25, -0.2) is 8.42 Å². The summed E-state index contributed by atoms with van der Waals surface area (Å²) in [5.41, 5.74) is 2.78. The summed E-state index contributed by atoms with van der Waals surface area (Å²) in [5, 5.41) is 1.65. The van der Waals surface area contributed by atoms with Gasteiger partial charge in [0.1, 0.15) is 5.25 Å². The van der Waals surface area contributed by atoms with Gasteiger partial charge in [-0.05, 0) is 32.3 Å². The SMILES string of the molecule is Cc1cc(C)cc(CS(=O)(=O)C(C)C(=O)NCC(C)C)c1. The number of benzene rings is 1. The molecule has 1 rings (SSSR count). The average molecular weight is 311 g/mol. The lowest BCUT2D eigenvalue weighted by Gasteiger charge is -2.15. The minimum atomic E-state index is -3.51. The Morgan fingerprint density at radius 1 is 1.10 bits per heavy atom. The number of hydrogen-bond donors (Lipinski definition) is 1. The summed E-state index contributed by atoms with van der Waals surface area (Å²) >= 11 is 0. The molecular formula is C16H25NO3S. The number of sulfone groups is 1. The Morgan fingerprint density at radius 3 is 2.10 bits per heavy atom. The fourth-order valence-electron chi connectivity index (χ4n) is 2.12. The van der Waals surface area contributed by atoms with Crippen LogP contribution in [-0.2, 0) is 20.4 Å². The van der Waals surface area contributed by atoms with E-state index in [-0.39, 0.29) is 5.75 Å². The van der Waals surface area contributed by atoms with E-state index in [1.165, 1.54) is 6.92 Å². The molecule has 21 heavy (non-hydrogen) atoms. The predicted molar refractivity (Wildman–Crippen MR) is 85.8 cm³/mol. The van der Waals surface area contributed by atoms with E-state index in [0.717, 1.165) is 16.7 Å². The highest BCUT2D eigenvalue weighted by Crippen LogP contribution is 2.15. The van der Waals surface area contributed by atoms with Gasteiger partial charge in [0.05, 0.1) is 5.75 Å². The molecule has 0 aliphatic heterocycles. The Labute approximate surface area is 127 Å². The molecule has 4 nitrogen and oxygen atoms in total. The molecule has 1 aromatic carbocycles. The Balaban J connectivity index is 2.82. The van der Waals surface area contributed by atoms with Crippen molar-refractivity contribution in [3.63, 3.8) is 0 Å². The van der Waals surface area contributed by atoms with Crippen LogP contribution in [0.2, 0.25) is 0 Å². The molecule has 1 N–H and O–H groups in total. The summed E-state index contributed by atoms with van der Waals surface area (Å²) in [6.07, 6.45) is 0. The molecule has 0 aliphatic rings. The van der Waals surface area contributed by atoms with Crippen molar-refractivity contribution in [3.8, 4) is 0 Å². The number of carbonyl (C=O) groups is 1. The van der Waals surface area contributed by atoms with Gasteiger partial charge in [-0.15, -0.1) is 0 Å². The lowest BCUT2D eigenvalue weighted by atomic mass is 10.1. The minimum absolute atomic E-state index is 0.105. The van der Waals surface area contributed by atoms with Gasteiger partial charge in [0.25, 0.3) is 0 Å². The molecule has 0 bridgehead atoms. The van der Waals surface area contributed by atoms with E-state index in [1.54, 1.807) is 0 Å². The Morgan fingerprint density at radius 2 is 1.62 bits per heavy atom.